The summed E-state index contributed by atoms with van der Waals surface area (Å²) in [5, 5.41) is 0. The fourth-order valence-corrected chi connectivity index (χ4v) is 3.14. The lowest BCUT2D eigenvalue weighted by atomic mass is 9.89. The van der Waals surface area contributed by atoms with Crippen LogP contribution in [0.25, 0.3) is 0 Å². The first-order valence-electron chi connectivity index (χ1n) is 8.50. The second-order valence-electron chi connectivity index (χ2n) is 6.04. The third-order valence-electron chi connectivity index (χ3n) is 4.52. The Bertz CT molecular complexity index is 699. The van der Waals surface area contributed by atoms with Gasteiger partial charge >= 0.3 is 0 Å². The minimum absolute atomic E-state index is 0.203. The first kappa shape index (κ1) is 16.7. The number of aryl methyl sites for hydroxylation is 1. The summed E-state index contributed by atoms with van der Waals surface area (Å²) < 4.78 is 16.8. The Morgan fingerprint density at radius 1 is 1.04 bits per heavy atom. The lowest BCUT2D eigenvalue weighted by molar-refractivity contribution is 0.171. The number of ether oxygens (including phenoxy) is 3. The molecule has 0 saturated carbocycles. The summed E-state index contributed by atoms with van der Waals surface area (Å²) in [6.45, 7) is 3.93. The van der Waals surface area contributed by atoms with E-state index < -0.39 is 0 Å². The van der Waals surface area contributed by atoms with Gasteiger partial charge in [0, 0.05) is 5.92 Å². The molecule has 2 N–H and O–H groups in total. The normalized spacial score (nSPS) is 14.3. The molecular formula is C20H25NO3. The van der Waals surface area contributed by atoms with Crippen LogP contribution in [0.15, 0.2) is 36.4 Å². The minimum Gasteiger partial charge on any atom is -0.496 e. The van der Waals surface area contributed by atoms with Gasteiger partial charge in [0.05, 0.1) is 7.11 Å². The average Bonchev–Trinajstić information content (AvgIpc) is 2.65. The van der Waals surface area contributed by atoms with Crippen molar-refractivity contribution in [3.05, 3.63) is 53.1 Å². The van der Waals surface area contributed by atoms with E-state index in [0.29, 0.717) is 19.8 Å². The van der Waals surface area contributed by atoms with Gasteiger partial charge in [-0.1, -0.05) is 25.1 Å². The molecule has 1 heterocycles. The van der Waals surface area contributed by atoms with Crippen LogP contribution in [-0.4, -0.2) is 26.9 Å². The number of methoxy groups -OCH3 is 1. The molecule has 2 aromatic rings. The number of hydrogen-bond donors (Lipinski definition) is 1. The van der Waals surface area contributed by atoms with Crippen molar-refractivity contribution in [2.75, 3.05) is 26.9 Å². The van der Waals surface area contributed by atoms with E-state index in [1.807, 2.05) is 12.1 Å². The second kappa shape index (κ2) is 7.58. The Balaban J connectivity index is 1.87. The highest BCUT2D eigenvalue weighted by Gasteiger charge is 2.18. The molecule has 1 aliphatic heterocycles. The molecule has 0 spiro atoms. The maximum Gasteiger partial charge on any atom is 0.161 e. The van der Waals surface area contributed by atoms with Crippen molar-refractivity contribution in [3.63, 3.8) is 0 Å². The van der Waals surface area contributed by atoms with E-state index in [-0.39, 0.29) is 5.92 Å². The van der Waals surface area contributed by atoms with E-state index in [2.05, 4.69) is 31.2 Å². The van der Waals surface area contributed by atoms with Crippen molar-refractivity contribution in [3.8, 4) is 17.2 Å². The van der Waals surface area contributed by atoms with E-state index in [1.54, 1.807) is 7.11 Å². The van der Waals surface area contributed by atoms with E-state index in [0.717, 1.165) is 30.1 Å². The maximum absolute atomic E-state index is 6.09. The lowest BCUT2D eigenvalue weighted by Crippen LogP contribution is -2.17. The summed E-state index contributed by atoms with van der Waals surface area (Å²) in [7, 11) is 1.71. The van der Waals surface area contributed by atoms with Crippen LogP contribution in [0.4, 0.5) is 0 Å². The van der Waals surface area contributed by atoms with Crippen molar-refractivity contribution in [1.82, 2.24) is 0 Å². The lowest BCUT2D eigenvalue weighted by Gasteiger charge is -2.22. The molecular weight excluding hydrogens is 302 g/mol. The highest BCUT2D eigenvalue weighted by Crippen LogP contribution is 2.34. The third-order valence-corrected chi connectivity index (χ3v) is 4.52. The predicted octanol–water partition coefficient (Wildman–Crippen LogP) is 3.31. The summed E-state index contributed by atoms with van der Waals surface area (Å²) in [5.74, 6) is 2.75. The van der Waals surface area contributed by atoms with Crippen LogP contribution in [0.1, 0.15) is 29.5 Å². The zero-order chi connectivity index (χ0) is 16.9. The van der Waals surface area contributed by atoms with Crippen LogP contribution in [0.3, 0.4) is 0 Å². The molecule has 0 bridgehead atoms. The summed E-state index contributed by atoms with van der Waals surface area (Å²) in [6, 6.07) is 12.5. The second-order valence-corrected chi connectivity index (χ2v) is 6.04. The smallest absolute Gasteiger partial charge is 0.161 e. The van der Waals surface area contributed by atoms with E-state index in [9.17, 15) is 0 Å². The molecule has 0 saturated heterocycles. The van der Waals surface area contributed by atoms with Crippen LogP contribution in [0.2, 0.25) is 0 Å². The summed E-state index contributed by atoms with van der Waals surface area (Å²) in [4.78, 5) is 0. The molecule has 0 fully saturated rings. The van der Waals surface area contributed by atoms with Crippen molar-refractivity contribution < 1.29 is 14.2 Å². The molecule has 4 nitrogen and oxygen atoms in total. The molecule has 4 heteroatoms. The largest absolute Gasteiger partial charge is 0.496 e. The van der Waals surface area contributed by atoms with Crippen molar-refractivity contribution in [2.24, 2.45) is 5.73 Å². The van der Waals surface area contributed by atoms with Gasteiger partial charge in [-0.15, -0.1) is 0 Å². The molecule has 0 radical (unpaired) electrons. The van der Waals surface area contributed by atoms with Gasteiger partial charge in [0.25, 0.3) is 0 Å². The van der Waals surface area contributed by atoms with Gasteiger partial charge in [0.15, 0.2) is 11.5 Å². The topological polar surface area (TPSA) is 53.7 Å². The van der Waals surface area contributed by atoms with E-state index in [1.165, 1.54) is 16.7 Å². The number of nitrogens with two attached hydrogens (primary N) is 1. The van der Waals surface area contributed by atoms with Gasteiger partial charge in [0.1, 0.15) is 19.0 Å². The third kappa shape index (κ3) is 3.49. The zero-order valence-electron chi connectivity index (χ0n) is 14.4. The number of rotatable bonds is 6. The van der Waals surface area contributed by atoms with Crippen LogP contribution < -0.4 is 19.9 Å². The Morgan fingerprint density at radius 2 is 1.79 bits per heavy atom. The van der Waals surface area contributed by atoms with E-state index in [4.69, 9.17) is 19.9 Å². The molecule has 2 aromatic carbocycles. The minimum atomic E-state index is 0.203. The van der Waals surface area contributed by atoms with Crippen LogP contribution in [-0.2, 0) is 12.8 Å². The molecule has 128 valence electrons. The fraction of sp³-hybridized carbons (Fsp3) is 0.400. The highest BCUT2D eigenvalue weighted by atomic mass is 16.6. The Labute approximate surface area is 143 Å². The van der Waals surface area contributed by atoms with Crippen LogP contribution >= 0.6 is 0 Å². The van der Waals surface area contributed by atoms with Gasteiger partial charge < -0.3 is 19.9 Å². The Kier molecular flexibility index (Phi) is 5.26. The molecule has 0 amide bonds. The molecule has 0 aromatic heterocycles. The average molecular weight is 327 g/mol. The monoisotopic (exact) mass is 327 g/mol. The first-order chi connectivity index (χ1) is 11.7. The summed E-state index contributed by atoms with van der Waals surface area (Å²) in [6.07, 6.45) is 1.84. The molecule has 1 atom stereocenters. The van der Waals surface area contributed by atoms with Gasteiger partial charge in [-0.25, -0.2) is 0 Å². The molecule has 1 aliphatic rings. The quantitative estimate of drug-likeness (QED) is 0.884. The molecule has 0 aliphatic carbocycles. The zero-order valence-corrected chi connectivity index (χ0v) is 14.4. The SMILES string of the molecule is CCc1ccc(OC)c(C(CN)Cc2ccc3c(c2)OCCO3)c1. The Hall–Kier alpha value is -2.20. The van der Waals surface area contributed by atoms with Gasteiger partial charge in [-0.05, 0) is 54.3 Å². The molecule has 24 heavy (non-hydrogen) atoms. The number of fused-ring (bicyclic) bond motifs is 1. The van der Waals surface area contributed by atoms with E-state index >= 15 is 0 Å². The molecule has 1 unspecified atom stereocenters. The predicted molar refractivity (Wildman–Crippen MR) is 95.3 cm³/mol. The van der Waals surface area contributed by atoms with Gasteiger partial charge in [-0.2, -0.15) is 0 Å². The van der Waals surface area contributed by atoms with Crippen LogP contribution in [0, 0.1) is 0 Å². The Morgan fingerprint density at radius 3 is 2.50 bits per heavy atom. The first-order valence-corrected chi connectivity index (χ1v) is 8.50. The van der Waals surface area contributed by atoms with Crippen molar-refractivity contribution in [2.45, 2.75) is 25.7 Å². The highest BCUT2D eigenvalue weighted by molar-refractivity contribution is 5.45. The van der Waals surface area contributed by atoms with Gasteiger partial charge in [-0.3, -0.25) is 0 Å². The van der Waals surface area contributed by atoms with Crippen molar-refractivity contribution >= 4 is 0 Å². The van der Waals surface area contributed by atoms with Crippen LogP contribution in [0.5, 0.6) is 17.2 Å². The number of hydrogen-bond acceptors (Lipinski definition) is 4. The summed E-state index contributed by atoms with van der Waals surface area (Å²) in [5.41, 5.74) is 9.76. The van der Waals surface area contributed by atoms with Gasteiger partial charge in [0.2, 0.25) is 0 Å². The fourth-order valence-electron chi connectivity index (χ4n) is 3.14. The standard InChI is InChI=1S/C20H25NO3/c1-3-14-4-6-18(22-2)17(11-14)16(13-21)10-15-5-7-19-20(12-15)24-9-8-23-19/h4-7,11-12,16H,3,8-10,13,21H2,1-2H3. The van der Waals surface area contributed by atoms with Crippen molar-refractivity contribution in [1.29, 1.82) is 0 Å². The molecule has 3 rings (SSSR count). The maximum atomic E-state index is 6.09. The summed E-state index contributed by atoms with van der Waals surface area (Å²) >= 11 is 0. The number of benzene rings is 2.